The molecular weight excluding hydrogens is 359 g/mol. The van der Waals surface area contributed by atoms with Gasteiger partial charge in [-0.05, 0) is 24.6 Å². The molecule has 0 spiro atoms. The van der Waals surface area contributed by atoms with E-state index in [0.717, 1.165) is 5.56 Å². The van der Waals surface area contributed by atoms with Gasteiger partial charge in [-0.15, -0.1) is 0 Å². The van der Waals surface area contributed by atoms with Gasteiger partial charge >= 0.3 is 5.97 Å². The van der Waals surface area contributed by atoms with Crippen LogP contribution in [0.1, 0.15) is 17.3 Å². The molecule has 0 saturated heterocycles. The summed E-state index contributed by atoms with van der Waals surface area (Å²) in [6.45, 7) is 2.15. The Kier molecular flexibility index (Phi) is 5.79. The first-order valence-electron chi connectivity index (χ1n) is 4.76. The quantitative estimate of drug-likeness (QED) is 0.589. The second-order valence-electron chi connectivity index (χ2n) is 3.11. The van der Waals surface area contributed by atoms with Crippen LogP contribution in [0.3, 0.4) is 0 Å². The summed E-state index contributed by atoms with van der Waals surface area (Å²) in [7, 11) is 0. The third kappa shape index (κ3) is 3.75. The summed E-state index contributed by atoms with van der Waals surface area (Å²) in [4.78, 5) is 10.9. The van der Waals surface area contributed by atoms with E-state index in [0.29, 0.717) is 11.6 Å². The van der Waals surface area contributed by atoms with Gasteiger partial charge < -0.3 is 4.74 Å². The van der Waals surface area contributed by atoms with Crippen molar-refractivity contribution in [2.45, 2.75) is 16.6 Å². The number of carbonyl (C=O) groups excluding carboxylic acids is 1. The number of carbonyl (C=O) groups is 1. The lowest BCUT2D eigenvalue weighted by Crippen LogP contribution is -2.21. The molecule has 1 rings (SSSR count). The van der Waals surface area contributed by atoms with E-state index in [4.69, 9.17) is 16.3 Å². The summed E-state index contributed by atoms with van der Waals surface area (Å²) in [5, 5.41) is 0.644. The Morgan fingerprint density at radius 3 is 2.75 bits per heavy atom. The highest BCUT2D eigenvalue weighted by molar-refractivity contribution is 9.12. The summed E-state index contributed by atoms with van der Waals surface area (Å²) in [6.07, 6.45) is 0. The predicted molar refractivity (Wildman–Crippen MR) is 72.5 cm³/mol. The molecular formula is C11H11Br2ClO2. The molecule has 5 heteroatoms. The van der Waals surface area contributed by atoms with E-state index in [1.165, 1.54) is 0 Å². The van der Waals surface area contributed by atoms with Crippen molar-refractivity contribution < 1.29 is 9.53 Å². The van der Waals surface area contributed by atoms with Crippen molar-refractivity contribution in [1.82, 2.24) is 0 Å². The Balaban J connectivity index is 2.77. The average molecular weight is 370 g/mol. The summed E-state index contributed by atoms with van der Waals surface area (Å²) < 4.78 is 4.93. The fourth-order valence-electron chi connectivity index (χ4n) is 1.19. The Hall–Kier alpha value is -0.0600. The van der Waals surface area contributed by atoms with Crippen LogP contribution in [0.25, 0.3) is 0 Å². The van der Waals surface area contributed by atoms with Crippen LogP contribution < -0.4 is 0 Å². The van der Waals surface area contributed by atoms with Crippen LogP contribution >= 0.6 is 43.5 Å². The Morgan fingerprint density at radius 2 is 2.19 bits per heavy atom. The second kappa shape index (κ2) is 6.62. The molecule has 16 heavy (non-hydrogen) atoms. The number of hydrogen-bond acceptors (Lipinski definition) is 2. The van der Waals surface area contributed by atoms with Crippen LogP contribution in [0.5, 0.6) is 0 Å². The molecule has 0 aliphatic rings. The summed E-state index contributed by atoms with van der Waals surface area (Å²) in [5.41, 5.74) is 0.933. The van der Waals surface area contributed by atoms with Crippen molar-refractivity contribution in [3.8, 4) is 0 Å². The van der Waals surface area contributed by atoms with E-state index >= 15 is 0 Å². The molecule has 0 bridgehead atoms. The lowest BCUT2D eigenvalue weighted by molar-refractivity contribution is -0.142. The third-order valence-electron chi connectivity index (χ3n) is 1.94. The van der Waals surface area contributed by atoms with Crippen molar-refractivity contribution in [1.29, 1.82) is 0 Å². The average Bonchev–Trinajstić information content (AvgIpc) is 2.27. The van der Waals surface area contributed by atoms with Crippen LogP contribution in [0.2, 0.25) is 5.02 Å². The number of benzene rings is 1. The topological polar surface area (TPSA) is 26.3 Å². The molecule has 1 aromatic rings. The van der Waals surface area contributed by atoms with Gasteiger partial charge in [0.15, 0.2) is 0 Å². The molecule has 1 aromatic carbocycles. The Labute approximate surface area is 117 Å². The van der Waals surface area contributed by atoms with Gasteiger partial charge in [0.05, 0.1) is 11.4 Å². The van der Waals surface area contributed by atoms with E-state index in [-0.39, 0.29) is 10.8 Å². The summed E-state index contributed by atoms with van der Waals surface area (Å²) >= 11 is 12.6. The predicted octanol–water partition coefficient (Wildman–Crippen LogP) is 4.10. The van der Waals surface area contributed by atoms with E-state index in [9.17, 15) is 4.79 Å². The minimum Gasteiger partial charge on any atom is -0.465 e. The lowest BCUT2D eigenvalue weighted by atomic mass is 10.1. The molecule has 0 unspecified atom stereocenters. The minimum atomic E-state index is -0.425. The van der Waals surface area contributed by atoms with Gasteiger partial charge in [0.25, 0.3) is 0 Å². The fraction of sp³-hybridized carbons (Fsp3) is 0.364. The maximum Gasteiger partial charge on any atom is 0.321 e. The third-order valence-corrected chi connectivity index (χ3v) is 4.84. The Bertz CT molecular complexity index is 371. The number of alkyl halides is 2. The summed E-state index contributed by atoms with van der Waals surface area (Å²) in [6, 6.07) is 7.35. The molecule has 88 valence electrons. The molecule has 2 nitrogen and oxygen atoms in total. The van der Waals surface area contributed by atoms with Crippen LogP contribution in [0.15, 0.2) is 24.3 Å². The van der Waals surface area contributed by atoms with Gasteiger partial charge in [-0.1, -0.05) is 55.6 Å². The normalized spacial score (nSPS) is 14.2. The number of hydrogen-bond donors (Lipinski definition) is 0. The Morgan fingerprint density at radius 1 is 1.50 bits per heavy atom. The lowest BCUT2D eigenvalue weighted by Gasteiger charge is -2.15. The molecule has 0 radical (unpaired) electrons. The van der Waals surface area contributed by atoms with Gasteiger partial charge in [-0.3, -0.25) is 4.79 Å². The highest BCUT2D eigenvalue weighted by Crippen LogP contribution is 2.33. The van der Waals surface area contributed by atoms with E-state index < -0.39 is 4.83 Å². The number of halogens is 3. The largest absolute Gasteiger partial charge is 0.465 e. The van der Waals surface area contributed by atoms with E-state index in [2.05, 4.69) is 31.9 Å². The van der Waals surface area contributed by atoms with Crippen molar-refractivity contribution in [2.24, 2.45) is 0 Å². The van der Waals surface area contributed by atoms with Crippen molar-refractivity contribution in [3.63, 3.8) is 0 Å². The van der Waals surface area contributed by atoms with Crippen molar-refractivity contribution in [3.05, 3.63) is 34.9 Å². The van der Waals surface area contributed by atoms with Crippen LogP contribution in [-0.2, 0) is 9.53 Å². The minimum absolute atomic E-state index is 0.162. The molecule has 0 saturated carbocycles. The van der Waals surface area contributed by atoms with Crippen LogP contribution in [-0.4, -0.2) is 17.4 Å². The van der Waals surface area contributed by atoms with Crippen LogP contribution in [0.4, 0.5) is 0 Å². The maximum absolute atomic E-state index is 11.5. The van der Waals surface area contributed by atoms with Gasteiger partial charge in [-0.25, -0.2) is 0 Å². The smallest absolute Gasteiger partial charge is 0.321 e. The number of rotatable bonds is 4. The molecule has 0 aromatic heterocycles. The maximum atomic E-state index is 11.5. The highest BCUT2D eigenvalue weighted by atomic mass is 79.9. The SMILES string of the molecule is CCOC(=O)[C@H](Br)[C@@H](Br)c1cccc(Cl)c1. The monoisotopic (exact) mass is 368 g/mol. The molecule has 0 heterocycles. The molecule has 0 amide bonds. The first-order valence-corrected chi connectivity index (χ1v) is 6.97. The molecule has 0 N–H and O–H groups in total. The molecule has 0 aliphatic heterocycles. The van der Waals surface area contributed by atoms with Crippen molar-refractivity contribution in [2.75, 3.05) is 6.61 Å². The van der Waals surface area contributed by atoms with Gasteiger partial charge in [0.2, 0.25) is 0 Å². The zero-order valence-electron chi connectivity index (χ0n) is 8.62. The first-order chi connectivity index (χ1) is 7.56. The zero-order valence-corrected chi connectivity index (χ0v) is 12.5. The fourth-order valence-corrected chi connectivity index (χ4v) is 2.33. The second-order valence-corrected chi connectivity index (χ2v) is 5.52. The number of ether oxygens (including phenoxy) is 1. The standard InChI is InChI=1S/C11H11Br2ClO2/c1-2-16-11(15)10(13)9(12)7-4-3-5-8(14)6-7/h3-6,9-10H,2H2,1H3/t9-,10+/m0/s1. The molecule has 2 atom stereocenters. The summed E-state index contributed by atoms with van der Waals surface area (Å²) in [5.74, 6) is -0.288. The van der Waals surface area contributed by atoms with Gasteiger partial charge in [-0.2, -0.15) is 0 Å². The van der Waals surface area contributed by atoms with Gasteiger partial charge in [0.1, 0.15) is 4.83 Å². The zero-order chi connectivity index (χ0) is 12.1. The molecule has 0 fully saturated rings. The molecule has 0 aliphatic carbocycles. The van der Waals surface area contributed by atoms with E-state index in [1.807, 2.05) is 18.2 Å². The van der Waals surface area contributed by atoms with Crippen LogP contribution in [0, 0.1) is 0 Å². The first kappa shape index (κ1) is 14.0. The van der Waals surface area contributed by atoms with Gasteiger partial charge in [0, 0.05) is 5.02 Å². The number of esters is 1. The van der Waals surface area contributed by atoms with Crippen molar-refractivity contribution >= 4 is 49.4 Å². The van der Waals surface area contributed by atoms with E-state index in [1.54, 1.807) is 13.0 Å². The highest BCUT2D eigenvalue weighted by Gasteiger charge is 2.26.